The number of ether oxygens (including phenoxy) is 2. The summed E-state index contributed by atoms with van der Waals surface area (Å²) in [5.41, 5.74) is 0.231. The zero-order valence-corrected chi connectivity index (χ0v) is 11.9. The van der Waals surface area contributed by atoms with Crippen molar-refractivity contribution >= 4 is 0 Å². The third kappa shape index (κ3) is 3.91. The van der Waals surface area contributed by atoms with Crippen LogP contribution in [-0.4, -0.2) is 68.3 Å². The number of hydrogen-bond donors (Lipinski definition) is 1. The van der Waals surface area contributed by atoms with Crippen LogP contribution in [0.5, 0.6) is 0 Å². The normalized spacial score (nSPS) is 28.9. The molecule has 1 heterocycles. The largest absolute Gasteiger partial charge is 0.388 e. The maximum Gasteiger partial charge on any atom is 0.101 e. The Kier molecular flexibility index (Phi) is 4.95. The van der Waals surface area contributed by atoms with E-state index in [2.05, 4.69) is 27.9 Å². The monoisotopic (exact) mass is 246 g/mol. The van der Waals surface area contributed by atoms with Gasteiger partial charge in [-0.3, -0.25) is 0 Å². The van der Waals surface area contributed by atoms with Gasteiger partial charge in [0.15, 0.2) is 0 Å². The average Bonchev–Trinajstić information content (AvgIpc) is 2.20. The fraction of sp³-hybridized carbons (Fsp3) is 1.00. The lowest BCUT2D eigenvalue weighted by atomic mass is 9.86. The van der Waals surface area contributed by atoms with Crippen molar-refractivity contribution in [1.29, 1.82) is 0 Å². The molecule has 0 amide bonds. The number of piperidine rings is 1. The van der Waals surface area contributed by atoms with Gasteiger partial charge in [0, 0.05) is 20.0 Å². The Morgan fingerprint density at radius 3 is 2.53 bits per heavy atom. The number of likely N-dealkylation sites (tertiary alicyclic amines) is 1. The highest BCUT2D eigenvalue weighted by Gasteiger charge is 2.43. The molecule has 2 unspecified atom stereocenters. The van der Waals surface area contributed by atoms with Gasteiger partial charge >= 0.3 is 0 Å². The molecule has 102 valence electrons. The van der Waals surface area contributed by atoms with Gasteiger partial charge in [0.1, 0.15) is 6.10 Å². The first-order valence-electron chi connectivity index (χ1n) is 6.40. The summed E-state index contributed by atoms with van der Waals surface area (Å²) in [7, 11) is 6.14. The Morgan fingerprint density at radius 1 is 1.35 bits per heavy atom. The van der Waals surface area contributed by atoms with E-state index in [1.807, 2.05) is 0 Å². The van der Waals surface area contributed by atoms with E-state index >= 15 is 0 Å². The number of methoxy groups -OCH3 is 1. The van der Waals surface area contributed by atoms with Crippen molar-refractivity contribution in [3.63, 3.8) is 0 Å². The van der Waals surface area contributed by atoms with Gasteiger partial charge in [-0.1, -0.05) is 0 Å². The van der Waals surface area contributed by atoms with Gasteiger partial charge in [-0.25, -0.2) is 0 Å². The number of hydrogen-bond acceptors (Lipinski definition) is 3. The van der Waals surface area contributed by atoms with Crippen LogP contribution in [0.1, 0.15) is 26.7 Å². The lowest BCUT2D eigenvalue weighted by molar-refractivity contribution is -0.944. The zero-order chi connectivity index (χ0) is 13.1. The smallest absolute Gasteiger partial charge is 0.101 e. The highest BCUT2D eigenvalue weighted by molar-refractivity contribution is 4.80. The average molecular weight is 246 g/mol. The van der Waals surface area contributed by atoms with Crippen LogP contribution in [0, 0.1) is 0 Å². The molecule has 17 heavy (non-hydrogen) atoms. The molecule has 0 aromatic carbocycles. The Bertz CT molecular complexity index is 241. The summed E-state index contributed by atoms with van der Waals surface area (Å²) in [6.45, 7) is 6.42. The molecule has 0 saturated carbocycles. The van der Waals surface area contributed by atoms with Crippen molar-refractivity contribution in [2.24, 2.45) is 0 Å². The summed E-state index contributed by atoms with van der Waals surface area (Å²) < 4.78 is 11.7. The molecule has 1 N–H and O–H groups in total. The van der Waals surface area contributed by atoms with Gasteiger partial charge in [0.25, 0.3) is 0 Å². The second-order valence-electron chi connectivity index (χ2n) is 6.28. The molecule has 0 aromatic heterocycles. The third-order valence-electron chi connectivity index (χ3n) is 4.26. The minimum Gasteiger partial charge on any atom is -0.388 e. The van der Waals surface area contributed by atoms with Crippen molar-refractivity contribution in [1.82, 2.24) is 0 Å². The lowest BCUT2D eigenvalue weighted by Crippen LogP contribution is -2.61. The van der Waals surface area contributed by atoms with Gasteiger partial charge in [-0.05, 0) is 13.8 Å². The van der Waals surface area contributed by atoms with Gasteiger partial charge < -0.3 is 19.1 Å². The predicted octanol–water partition coefficient (Wildman–Crippen LogP) is 1.03. The molecule has 0 bridgehead atoms. The van der Waals surface area contributed by atoms with Crippen LogP contribution >= 0.6 is 0 Å². The van der Waals surface area contributed by atoms with E-state index in [-0.39, 0.29) is 11.6 Å². The zero-order valence-electron chi connectivity index (χ0n) is 11.9. The van der Waals surface area contributed by atoms with Gasteiger partial charge in [0.05, 0.1) is 45.5 Å². The Hall–Kier alpha value is -0.160. The number of aliphatic hydroxyl groups is 1. The molecule has 0 radical (unpaired) electrons. The Morgan fingerprint density at radius 2 is 2.00 bits per heavy atom. The van der Waals surface area contributed by atoms with Crippen molar-refractivity contribution in [3.8, 4) is 0 Å². The van der Waals surface area contributed by atoms with E-state index in [1.54, 1.807) is 7.11 Å². The van der Waals surface area contributed by atoms with E-state index in [0.717, 1.165) is 23.9 Å². The highest BCUT2D eigenvalue weighted by Crippen LogP contribution is 2.33. The quantitative estimate of drug-likeness (QED) is 0.736. The summed E-state index contributed by atoms with van der Waals surface area (Å²) in [5, 5.41) is 9.56. The van der Waals surface area contributed by atoms with Crippen molar-refractivity contribution in [2.75, 3.05) is 41.0 Å². The van der Waals surface area contributed by atoms with Crippen LogP contribution in [0.2, 0.25) is 0 Å². The first-order chi connectivity index (χ1) is 7.78. The molecule has 1 aliphatic rings. The molecular formula is C13H28NO3+. The van der Waals surface area contributed by atoms with E-state index in [0.29, 0.717) is 13.2 Å². The molecule has 1 aliphatic heterocycles. The van der Waals surface area contributed by atoms with E-state index < -0.39 is 6.10 Å². The van der Waals surface area contributed by atoms with Crippen LogP contribution in [-0.2, 0) is 9.47 Å². The molecule has 1 fully saturated rings. The Balaban J connectivity index is 2.38. The number of rotatable bonds is 5. The molecule has 2 atom stereocenters. The van der Waals surface area contributed by atoms with Gasteiger partial charge in [0.2, 0.25) is 0 Å². The standard InChI is InChI=1S/C13H28NO3/c1-13(2)8-12(6-7-14(13,3)4)17-10-11(15)9-16-5/h11-12,15H,6-10H2,1-5H3/q+1. The second kappa shape index (κ2) is 5.65. The summed E-state index contributed by atoms with van der Waals surface area (Å²) >= 11 is 0. The molecule has 0 spiro atoms. The van der Waals surface area contributed by atoms with Crippen molar-refractivity contribution in [3.05, 3.63) is 0 Å². The summed E-state index contributed by atoms with van der Waals surface area (Å²) in [6.07, 6.45) is 1.87. The fourth-order valence-electron chi connectivity index (χ4n) is 2.31. The fourth-order valence-corrected chi connectivity index (χ4v) is 2.31. The molecule has 1 saturated heterocycles. The third-order valence-corrected chi connectivity index (χ3v) is 4.26. The van der Waals surface area contributed by atoms with Crippen LogP contribution in [0.4, 0.5) is 0 Å². The number of quaternary nitrogens is 1. The van der Waals surface area contributed by atoms with Crippen LogP contribution in [0.3, 0.4) is 0 Å². The first-order valence-corrected chi connectivity index (χ1v) is 6.40. The molecular weight excluding hydrogens is 218 g/mol. The maximum absolute atomic E-state index is 9.56. The Labute approximate surface area is 105 Å². The van der Waals surface area contributed by atoms with Gasteiger partial charge in [-0.2, -0.15) is 0 Å². The molecule has 4 heteroatoms. The molecule has 4 nitrogen and oxygen atoms in total. The maximum atomic E-state index is 9.56. The van der Waals surface area contributed by atoms with Crippen molar-refractivity contribution < 1.29 is 19.1 Å². The van der Waals surface area contributed by atoms with E-state index in [4.69, 9.17) is 9.47 Å². The van der Waals surface area contributed by atoms with E-state index in [1.165, 1.54) is 0 Å². The van der Waals surface area contributed by atoms with Crippen LogP contribution < -0.4 is 0 Å². The second-order valence-corrected chi connectivity index (χ2v) is 6.28. The number of nitrogens with zero attached hydrogens (tertiary/aromatic N) is 1. The summed E-state index contributed by atoms with van der Waals surface area (Å²) in [6, 6.07) is 0. The SMILES string of the molecule is COCC(O)COC1CC[N+](C)(C)C(C)(C)C1. The molecule has 0 aliphatic carbocycles. The van der Waals surface area contributed by atoms with Crippen LogP contribution in [0.25, 0.3) is 0 Å². The highest BCUT2D eigenvalue weighted by atomic mass is 16.5. The predicted molar refractivity (Wildman–Crippen MR) is 67.9 cm³/mol. The summed E-state index contributed by atoms with van der Waals surface area (Å²) in [4.78, 5) is 0. The topological polar surface area (TPSA) is 38.7 Å². The minimum atomic E-state index is -0.507. The molecule has 0 aromatic rings. The van der Waals surface area contributed by atoms with E-state index in [9.17, 15) is 5.11 Å². The number of aliphatic hydroxyl groups excluding tert-OH is 1. The summed E-state index contributed by atoms with van der Waals surface area (Å²) in [5.74, 6) is 0. The van der Waals surface area contributed by atoms with Crippen molar-refractivity contribution in [2.45, 2.75) is 44.4 Å². The lowest BCUT2D eigenvalue weighted by Gasteiger charge is -2.50. The minimum absolute atomic E-state index is 0.231. The van der Waals surface area contributed by atoms with Crippen LogP contribution in [0.15, 0.2) is 0 Å². The van der Waals surface area contributed by atoms with Gasteiger partial charge in [-0.15, -0.1) is 0 Å². The molecule has 1 rings (SSSR count). The first kappa shape index (κ1) is 14.9.